The maximum atomic E-state index is 7.34. The van der Waals surface area contributed by atoms with Gasteiger partial charge in [-0.2, -0.15) is 0 Å². The van der Waals surface area contributed by atoms with Gasteiger partial charge >= 0.3 is 0 Å². The van der Waals surface area contributed by atoms with E-state index in [1.807, 2.05) is 0 Å². The minimum atomic E-state index is -0.603. The molecule has 0 radical (unpaired) electrons. The van der Waals surface area contributed by atoms with E-state index in [1.165, 1.54) is 54.6 Å². The third kappa shape index (κ3) is 5.32. The quantitative estimate of drug-likeness (QED) is 0.155. The molecule has 1 spiro atoms. The number of hydrogen-bond acceptors (Lipinski definition) is 2. The summed E-state index contributed by atoms with van der Waals surface area (Å²) in [5.74, 6) is 1.72. The lowest BCUT2D eigenvalue weighted by Crippen LogP contribution is -2.33. The van der Waals surface area contributed by atoms with Gasteiger partial charge in [0.15, 0.2) is 5.75 Å². The molecule has 1 aliphatic carbocycles. The summed E-state index contributed by atoms with van der Waals surface area (Å²) in [6.07, 6.45) is 0. The Kier molecular flexibility index (Phi) is 7.85. The van der Waals surface area contributed by atoms with Gasteiger partial charge in [-0.15, -0.1) is 0 Å². The predicted molar refractivity (Wildman–Crippen MR) is 262 cm³/mol. The Morgan fingerprint density at radius 3 is 1.57 bits per heavy atom. The van der Waals surface area contributed by atoms with Crippen LogP contribution in [-0.4, -0.2) is 0 Å². The van der Waals surface area contributed by atoms with Crippen LogP contribution in [0.15, 0.2) is 237 Å². The largest absolute Gasteiger partial charge is 0.454 e. The minimum Gasteiger partial charge on any atom is -0.454 e. The van der Waals surface area contributed by atoms with Crippen LogP contribution in [0.3, 0.4) is 0 Å². The van der Waals surface area contributed by atoms with E-state index in [-0.39, 0.29) is 0 Å². The average Bonchev–Trinajstić information content (AvgIpc) is 3.66. The second-order valence-electron chi connectivity index (χ2n) is 16.8. The van der Waals surface area contributed by atoms with Gasteiger partial charge in [-0.1, -0.05) is 194 Å². The number of nitrogens with zero attached hydrogens (tertiary/aromatic N) is 1. The SMILES string of the molecule is c1ccc(-c2cc(-c3ccccc3)cc(N(c3ccc(-c4cccc5ccccc45)cc3)c3cccc4c3Oc3ccccc3C43c4cccc5ccc6cccc3c6c45)c2)cc1. The summed E-state index contributed by atoms with van der Waals surface area (Å²) in [6, 6.07) is 86.3. The van der Waals surface area contributed by atoms with Gasteiger partial charge in [-0.25, -0.2) is 0 Å². The second kappa shape index (κ2) is 13.9. The molecule has 0 unspecified atom stereocenters. The average molecular weight is 802 g/mol. The molecule has 0 fully saturated rings. The first kappa shape index (κ1) is 35.5. The second-order valence-corrected chi connectivity index (χ2v) is 16.8. The van der Waals surface area contributed by atoms with E-state index in [9.17, 15) is 0 Å². The lowest BCUT2D eigenvalue weighted by atomic mass is 9.65. The molecular weight excluding hydrogens is 763 g/mol. The zero-order valence-electron chi connectivity index (χ0n) is 34.4. The van der Waals surface area contributed by atoms with Crippen molar-refractivity contribution in [3.63, 3.8) is 0 Å². The van der Waals surface area contributed by atoms with Crippen LogP contribution >= 0.6 is 0 Å². The van der Waals surface area contributed by atoms with Gasteiger partial charge in [0.25, 0.3) is 0 Å². The van der Waals surface area contributed by atoms with Gasteiger partial charge in [-0.05, 0) is 119 Å². The highest BCUT2D eigenvalue weighted by molar-refractivity contribution is 6.16. The summed E-state index contributed by atoms with van der Waals surface area (Å²) in [4.78, 5) is 2.41. The number of para-hydroxylation sites is 2. The summed E-state index contributed by atoms with van der Waals surface area (Å²) < 4.78 is 7.34. The van der Waals surface area contributed by atoms with Crippen LogP contribution in [0.2, 0.25) is 0 Å². The molecule has 2 heteroatoms. The summed E-state index contributed by atoms with van der Waals surface area (Å²) in [5, 5.41) is 7.62. The van der Waals surface area contributed by atoms with Crippen molar-refractivity contribution in [2.75, 3.05) is 4.90 Å². The highest BCUT2D eigenvalue weighted by Crippen LogP contribution is 2.63. The van der Waals surface area contributed by atoms with Crippen molar-refractivity contribution in [2.24, 2.45) is 0 Å². The Morgan fingerprint density at radius 1 is 0.333 bits per heavy atom. The molecule has 0 saturated heterocycles. The number of benzene rings is 11. The molecule has 1 aliphatic heterocycles. The van der Waals surface area contributed by atoms with Gasteiger partial charge in [0.1, 0.15) is 5.75 Å². The van der Waals surface area contributed by atoms with Gasteiger partial charge < -0.3 is 9.64 Å². The van der Waals surface area contributed by atoms with Gasteiger partial charge in [0.2, 0.25) is 0 Å². The molecule has 2 aliphatic rings. The van der Waals surface area contributed by atoms with E-state index < -0.39 is 5.41 Å². The van der Waals surface area contributed by atoms with Crippen LogP contribution in [-0.2, 0) is 5.41 Å². The lowest BCUT2D eigenvalue weighted by Gasteiger charge is -2.41. The van der Waals surface area contributed by atoms with Crippen molar-refractivity contribution >= 4 is 49.4 Å². The van der Waals surface area contributed by atoms with Gasteiger partial charge in [-0.3, -0.25) is 0 Å². The van der Waals surface area contributed by atoms with Crippen molar-refractivity contribution in [2.45, 2.75) is 5.41 Å². The van der Waals surface area contributed by atoms with Crippen molar-refractivity contribution in [1.29, 1.82) is 0 Å². The van der Waals surface area contributed by atoms with Crippen LogP contribution in [0.1, 0.15) is 22.3 Å². The van der Waals surface area contributed by atoms with Crippen molar-refractivity contribution in [3.8, 4) is 44.9 Å². The van der Waals surface area contributed by atoms with E-state index in [0.717, 1.165) is 61.9 Å². The summed E-state index contributed by atoms with van der Waals surface area (Å²) >= 11 is 0. The highest BCUT2D eigenvalue weighted by atomic mass is 16.5. The van der Waals surface area contributed by atoms with Crippen LogP contribution in [0, 0.1) is 0 Å². The Balaban J connectivity index is 1.09. The van der Waals surface area contributed by atoms with E-state index in [1.54, 1.807) is 0 Å². The molecule has 0 bridgehead atoms. The van der Waals surface area contributed by atoms with Crippen LogP contribution in [0.4, 0.5) is 17.1 Å². The lowest BCUT2D eigenvalue weighted by molar-refractivity contribution is 0.437. The zero-order chi connectivity index (χ0) is 41.5. The number of anilines is 3. The fourth-order valence-corrected chi connectivity index (χ4v) is 10.8. The Bertz CT molecular complexity index is 3470. The first-order chi connectivity index (χ1) is 31.2. The topological polar surface area (TPSA) is 12.5 Å². The van der Waals surface area contributed by atoms with E-state index in [4.69, 9.17) is 4.74 Å². The summed E-state index contributed by atoms with van der Waals surface area (Å²) in [6.45, 7) is 0. The molecule has 63 heavy (non-hydrogen) atoms. The molecule has 0 amide bonds. The van der Waals surface area contributed by atoms with Crippen LogP contribution < -0.4 is 9.64 Å². The number of rotatable bonds is 6. The smallest absolute Gasteiger partial charge is 0.156 e. The molecular formula is C61H39NO. The fraction of sp³-hybridized carbons (Fsp3) is 0.0164. The number of hydrogen-bond donors (Lipinski definition) is 0. The van der Waals surface area contributed by atoms with Crippen molar-refractivity contribution < 1.29 is 4.74 Å². The molecule has 11 aromatic rings. The molecule has 2 nitrogen and oxygen atoms in total. The first-order valence-electron chi connectivity index (χ1n) is 21.7. The summed E-state index contributed by atoms with van der Waals surface area (Å²) in [7, 11) is 0. The molecule has 0 saturated carbocycles. The van der Waals surface area contributed by atoms with Crippen molar-refractivity contribution in [1.82, 2.24) is 0 Å². The Labute approximate surface area is 366 Å². The van der Waals surface area contributed by atoms with Gasteiger partial charge in [0.05, 0.1) is 11.1 Å². The number of ether oxygens (including phenoxy) is 1. The molecule has 13 rings (SSSR count). The molecule has 1 heterocycles. The third-order valence-electron chi connectivity index (χ3n) is 13.5. The standard InChI is InChI=1S/C61H39NO/c1-3-15-40(16-4-1)46-37-47(41-17-5-2-6-18-41)39-49(38-46)62(48-35-33-43(34-36-48)51-24-11-20-42-19-7-8-23-50(42)51)56-29-14-28-55-60(56)63-57-30-10-9-25-52(57)61(55)53-26-12-21-44-31-32-45-22-13-27-54(61)59(45)58(44)53/h1-39H. The minimum absolute atomic E-state index is 0.603. The molecule has 0 aromatic heterocycles. The maximum absolute atomic E-state index is 7.34. The van der Waals surface area contributed by atoms with Crippen molar-refractivity contribution in [3.05, 3.63) is 259 Å². The summed E-state index contributed by atoms with van der Waals surface area (Å²) in [5.41, 5.74) is 14.3. The maximum Gasteiger partial charge on any atom is 0.156 e. The predicted octanol–water partition coefficient (Wildman–Crippen LogP) is 16.4. The monoisotopic (exact) mass is 801 g/mol. The fourth-order valence-electron chi connectivity index (χ4n) is 10.8. The Morgan fingerprint density at radius 2 is 0.873 bits per heavy atom. The van der Waals surface area contributed by atoms with E-state index >= 15 is 0 Å². The zero-order valence-corrected chi connectivity index (χ0v) is 34.4. The molecule has 11 aromatic carbocycles. The van der Waals surface area contributed by atoms with E-state index in [2.05, 4.69) is 241 Å². The Hall–Kier alpha value is -8.20. The first-order valence-corrected chi connectivity index (χ1v) is 21.7. The molecule has 0 N–H and O–H groups in total. The van der Waals surface area contributed by atoms with E-state index in [0.29, 0.717) is 0 Å². The number of fused-ring (bicyclic) bond motifs is 7. The van der Waals surface area contributed by atoms with Crippen LogP contribution in [0.25, 0.3) is 65.7 Å². The van der Waals surface area contributed by atoms with Crippen LogP contribution in [0.5, 0.6) is 11.5 Å². The third-order valence-corrected chi connectivity index (χ3v) is 13.5. The molecule has 0 atom stereocenters. The highest BCUT2D eigenvalue weighted by Gasteiger charge is 2.51. The normalized spacial score (nSPS) is 13.0. The van der Waals surface area contributed by atoms with Gasteiger partial charge in [0, 0.05) is 22.5 Å². The molecule has 294 valence electrons.